The largest absolute Gasteiger partial charge is 0.308 e. The van der Waals surface area contributed by atoms with Gasteiger partial charge in [-0.3, -0.25) is 4.79 Å². The quantitative estimate of drug-likeness (QED) is 0.481. The molecule has 0 saturated heterocycles. The number of aryl methyl sites for hydroxylation is 2. The van der Waals surface area contributed by atoms with Crippen molar-refractivity contribution in [3.8, 4) is 0 Å². The Labute approximate surface area is 143 Å². The number of rotatable bonds is 7. The lowest BCUT2D eigenvalue weighted by molar-refractivity contribution is 0.0994. The first-order chi connectivity index (χ1) is 11.2. The monoisotopic (exact) mass is 343 g/mol. The molecule has 0 spiro atoms. The molecule has 2 heterocycles. The second-order valence-electron chi connectivity index (χ2n) is 5.13. The van der Waals surface area contributed by atoms with Gasteiger partial charge in [-0.15, -0.1) is 21.5 Å². The van der Waals surface area contributed by atoms with Crippen molar-refractivity contribution in [1.82, 2.24) is 14.8 Å². The van der Waals surface area contributed by atoms with Crippen molar-refractivity contribution in [3.63, 3.8) is 0 Å². The number of ketones is 1. The molecule has 3 aromatic rings. The van der Waals surface area contributed by atoms with E-state index in [0.29, 0.717) is 0 Å². The van der Waals surface area contributed by atoms with Gasteiger partial charge in [-0.05, 0) is 24.8 Å². The van der Waals surface area contributed by atoms with Gasteiger partial charge in [0.2, 0.25) is 0 Å². The van der Waals surface area contributed by atoms with E-state index in [9.17, 15) is 4.79 Å². The molecule has 0 N–H and O–H groups in total. The SMILES string of the molecule is CC(Sc1nncn1CCc1cccs1)C(=O)c1ccccc1. The molecule has 6 heteroatoms. The predicted octanol–water partition coefficient (Wildman–Crippen LogP) is 3.95. The molecule has 0 amide bonds. The van der Waals surface area contributed by atoms with Gasteiger partial charge in [0.05, 0.1) is 5.25 Å². The number of benzene rings is 1. The number of carbonyl (C=O) groups excluding carboxylic acids is 1. The minimum Gasteiger partial charge on any atom is -0.308 e. The molecule has 4 nitrogen and oxygen atoms in total. The number of thiophene rings is 1. The van der Waals surface area contributed by atoms with Gasteiger partial charge in [-0.25, -0.2) is 0 Å². The molecule has 23 heavy (non-hydrogen) atoms. The highest BCUT2D eigenvalue weighted by Crippen LogP contribution is 2.24. The molecule has 1 atom stereocenters. The van der Waals surface area contributed by atoms with Crippen LogP contribution in [0.15, 0.2) is 59.3 Å². The summed E-state index contributed by atoms with van der Waals surface area (Å²) in [5, 5.41) is 10.8. The Bertz CT molecular complexity index is 753. The van der Waals surface area contributed by atoms with Gasteiger partial charge in [-0.2, -0.15) is 0 Å². The lowest BCUT2D eigenvalue weighted by Gasteiger charge is -2.11. The lowest BCUT2D eigenvalue weighted by Crippen LogP contribution is -2.14. The van der Waals surface area contributed by atoms with Crippen LogP contribution in [0, 0.1) is 0 Å². The van der Waals surface area contributed by atoms with Crippen LogP contribution in [0.3, 0.4) is 0 Å². The Morgan fingerprint density at radius 2 is 2.09 bits per heavy atom. The summed E-state index contributed by atoms with van der Waals surface area (Å²) in [5.74, 6) is 0.114. The normalized spacial score (nSPS) is 12.2. The van der Waals surface area contributed by atoms with E-state index in [1.807, 2.05) is 41.8 Å². The summed E-state index contributed by atoms with van der Waals surface area (Å²) >= 11 is 3.21. The van der Waals surface area contributed by atoms with E-state index in [-0.39, 0.29) is 11.0 Å². The maximum absolute atomic E-state index is 12.5. The van der Waals surface area contributed by atoms with Crippen LogP contribution in [0.5, 0.6) is 0 Å². The van der Waals surface area contributed by atoms with Crippen LogP contribution in [-0.4, -0.2) is 25.8 Å². The Balaban J connectivity index is 1.64. The van der Waals surface area contributed by atoms with E-state index < -0.39 is 0 Å². The fraction of sp³-hybridized carbons (Fsp3) is 0.235. The Morgan fingerprint density at radius 1 is 1.26 bits per heavy atom. The van der Waals surface area contributed by atoms with Gasteiger partial charge < -0.3 is 4.57 Å². The highest BCUT2D eigenvalue weighted by molar-refractivity contribution is 8.00. The molecule has 0 saturated carbocycles. The molecule has 0 aliphatic rings. The van der Waals surface area contributed by atoms with Crippen molar-refractivity contribution in [2.45, 2.75) is 30.3 Å². The van der Waals surface area contributed by atoms with E-state index in [4.69, 9.17) is 0 Å². The number of nitrogens with zero attached hydrogens (tertiary/aromatic N) is 3. The number of thioether (sulfide) groups is 1. The molecule has 0 aliphatic heterocycles. The first-order valence-corrected chi connectivity index (χ1v) is 9.16. The first-order valence-electron chi connectivity index (χ1n) is 7.40. The van der Waals surface area contributed by atoms with E-state index in [1.54, 1.807) is 17.7 Å². The number of Topliss-reactive ketones (excluding diaryl/α,β-unsaturated/α-hetero) is 1. The van der Waals surface area contributed by atoms with Gasteiger partial charge >= 0.3 is 0 Å². The standard InChI is InChI=1S/C17H17N3OS2/c1-13(16(21)14-6-3-2-4-7-14)23-17-19-18-12-20(17)10-9-15-8-5-11-22-15/h2-8,11-13H,9-10H2,1H3. The third-order valence-electron chi connectivity index (χ3n) is 3.47. The summed E-state index contributed by atoms with van der Waals surface area (Å²) in [6, 6.07) is 13.6. The van der Waals surface area contributed by atoms with Crippen molar-refractivity contribution in [3.05, 3.63) is 64.6 Å². The average Bonchev–Trinajstić information content (AvgIpc) is 3.24. The van der Waals surface area contributed by atoms with Crippen LogP contribution in [0.2, 0.25) is 0 Å². The zero-order valence-corrected chi connectivity index (χ0v) is 14.4. The van der Waals surface area contributed by atoms with E-state index in [2.05, 4.69) is 27.7 Å². The molecule has 2 aromatic heterocycles. The Hall–Kier alpha value is -1.92. The maximum atomic E-state index is 12.5. The minimum absolute atomic E-state index is 0.114. The van der Waals surface area contributed by atoms with Crippen LogP contribution in [0.4, 0.5) is 0 Å². The van der Waals surface area contributed by atoms with Crippen molar-refractivity contribution < 1.29 is 4.79 Å². The molecule has 0 radical (unpaired) electrons. The van der Waals surface area contributed by atoms with E-state index in [1.165, 1.54) is 16.6 Å². The highest BCUT2D eigenvalue weighted by atomic mass is 32.2. The van der Waals surface area contributed by atoms with Crippen molar-refractivity contribution >= 4 is 28.9 Å². The van der Waals surface area contributed by atoms with Crippen LogP contribution in [-0.2, 0) is 13.0 Å². The molecule has 0 aliphatic carbocycles. The zero-order chi connectivity index (χ0) is 16.1. The zero-order valence-electron chi connectivity index (χ0n) is 12.8. The Morgan fingerprint density at radius 3 is 2.83 bits per heavy atom. The molecule has 0 fully saturated rings. The lowest BCUT2D eigenvalue weighted by atomic mass is 10.1. The van der Waals surface area contributed by atoms with Crippen LogP contribution >= 0.6 is 23.1 Å². The number of hydrogen-bond donors (Lipinski definition) is 0. The minimum atomic E-state index is -0.193. The fourth-order valence-electron chi connectivity index (χ4n) is 2.22. The van der Waals surface area contributed by atoms with Gasteiger partial charge in [0.15, 0.2) is 10.9 Å². The summed E-state index contributed by atoms with van der Waals surface area (Å²) in [6.45, 7) is 2.74. The topological polar surface area (TPSA) is 47.8 Å². The maximum Gasteiger partial charge on any atom is 0.191 e. The highest BCUT2D eigenvalue weighted by Gasteiger charge is 2.19. The van der Waals surface area contributed by atoms with E-state index >= 15 is 0 Å². The summed E-state index contributed by atoms with van der Waals surface area (Å²) < 4.78 is 2.01. The second-order valence-corrected chi connectivity index (χ2v) is 7.47. The second kappa shape index (κ2) is 7.57. The smallest absolute Gasteiger partial charge is 0.191 e. The van der Waals surface area contributed by atoms with Gasteiger partial charge in [0.25, 0.3) is 0 Å². The van der Waals surface area contributed by atoms with Crippen molar-refractivity contribution in [1.29, 1.82) is 0 Å². The number of carbonyl (C=O) groups is 1. The summed E-state index contributed by atoms with van der Waals surface area (Å²) in [6.07, 6.45) is 2.68. The fourth-order valence-corrected chi connectivity index (χ4v) is 3.85. The summed E-state index contributed by atoms with van der Waals surface area (Å²) in [7, 11) is 0. The van der Waals surface area contributed by atoms with Gasteiger partial charge in [-0.1, -0.05) is 48.2 Å². The molecule has 1 aromatic carbocycles. The third-order valence-corrected chi connectivity index (χ3v) is 5.50. The average molecular weight is 343 g/mol. The molecule has 0 bridgehead atoms. The number of hydrogen-bond acceptors (Lipinski definition) is 5. The van der Waals surface area contributed by atoms with Crippen molar-refractivity contribution in [2.75, 3.05) is 0 Å². The summed E-state index contributed by atoms with van der Waals surface area (Å²) in [5.41, 5.74) is 0.733. The molecule has 1 unspecified atom stereocenters. The third kappa shape index (κ3) is 4.09. The Kier molecular flexibility index (Phi) is 5.25. The van der Waals surface area contributed by atoms with Crippen LogP contribution in [0.1, 0.15) is 22.2 Å². The van der Waals surface area contributed by atoms with Crippen LogP contribution in [0.25, 0.3) is 0 Å². The molecular weight excluding hydrogens is 326 g/mol. The molecular formula is C17H17N3OS2. The van der Waals surface area contributed by atoms with Crippen LogP contribution < -0.4 is 0 Å². The summed E-state index contributed by atoms with van der Waals surface area (Å²) in [4.78, 5) is 13.8. The number of aromatic nitrogens is 3. The molecule has 118 valence electrons. The first kappa shape index (κ1) is 16.0. The van der Waals surface area contributed by atoms with Crippen molar-refractivity contribution in [2.24, 2.45) is 0 Å². The van der Waals surface area contributed by atoms with E-state index in [0.717, 1.165) is 23.7 Å². The molecule has 3 rings (SSSR count). The van der Waals surface area contributed by atoms with Gasteiger partial charge in [0.1, 0.15) is 6.33 Å². The van der Waals surface area contributed by atoms with Gasteiger partial charge in [0, 0.05) is 17.0 Å². The predicted molar refractivity (Wildman–Crippen MR) is 94.1 cm³/mol.